The number of pyridine rings is 1. The third kappa shape index (κ3) is 3.96. The monoisotopic (exact) mass is 388 g/mol. The Bertz CT molecular complexity index is 1020. The molecule has 148 valence electrons. The molecule has 1 saturated carbocycles. The number of rotatable bonds is 6. The van der Waals surface area contributed by atoms with E-state index in [9.17, 15) is 4.79 Å². The maximum absolute atomic E-state index is 12.2. The average Bonchev–Trinajstić information content (AvgIpc) is 2.68. The summed E-state index contributed by atoms with van der Waals surface area (Å²) in [6.07, 6.45) is 11.2. The van der Waals surface area contributed by atoms with Crippen molar-refractivity contribution in [1.29, 1.82) is 0 Å². The zero-order chi connectivity index (χ0) is 19.6. The molecule has 0 spiro atoms. The van der Waals surface area contributed by atoms with E-state index in [0.717, 1.165) is 42.3 Å². The van der Waals surface area contributed by atoms with Crippen LogP contribution in [0.25, 0.3) is 11.3 Å². The second-order valence-electron chi connectivity index (χ2n) is 8.11. The van der Waals surface area contributed by atoms with Crippen molar-refractivity contribution in [3.05, 3.63) is 70.8 Å². The first-order valence-electron chi connectivity index (χ1n) is 10.3. The first-order chi connectivity index (χ1) is 14.2. The summed E-state index contributed by atoms with van der Waals surface area (Å²) in [6, 6.07) is 7.18. The normalized spacial score (nSPS) is 17.7. The van der Waals surface area contributed by atoms with Gasteiger partial charge in [0.15, 0.2) is 0 Å². The maximum atomic E-state index is 12.2. The molecule has 0 aromatic carbocycles. The molecule has 0 radical (unpaired) electrons. The van der Waals surface area contributed by atoms with Gasteiger partial charge in [-0.2, -0.15) is 5.10 Å². The zero-order valence-electron chi connectivity index (χ0n) is 16.3. The summed E-state index contributed by atoms with van der Waals surface area (Å²) in [4.78, 5) is 27.7. The lowest BCUT2D eigenvalue weighted by Gasteiger charge is -2.39. The fraction of sp³-hybridized carbons (Fsp3) is 0.409. The molecule has 0 unspecified atom stereocenters. The Kier molecular flexibility index (Phi) is 4.89. The van der Waals surface area contributed by atoms with Crippen molar-refractivity contribution in [2.24, 2.45) is 5.92 Å². The fourth-order valence-electron chi connectivity index (χ4n) is 4.00. The average molecular weight is 388 g/mol. The van der Waals surface area contributed by atoms with E-state index >= 15 is 0 Å². The van der Waals surface area contributed by atoms with Crippen molar-refractivity contribution in [1.82, 2.24) is 29.6 Å². The predicted octanol–water partition coefficient (Wildman–Crippen LogP) is 2.49. The minimum absolute atomic E-state index is 0.0544. The minimum Gasteiger partial charge on any atom is -0.298 e. The molecule has 3 aromatic heterocycles. The second kappa shape index (κ2) is 7.83. The van der Waals surface area contributed by atoms with E-state index in [2.05, 4.69) is 25.0 Å². The number of aromatic nitrogens is 5. The van der Waals surface area contributed by atoms with Crippen LogP contribution in [0.4, 0.5) is 0 Å². The highest BCUT2D eigenvalue weighted by atomic mass is 16.1. The van der Waals surface area contributed by atoms with Crippen molar-refractivity contribution in [3.63, 3.8) is 0 Å². The van der Waals surface area contributed by atoms with Gasteiger partial charge in [0.05, 0.1) is 12.2 Å². The van der Waals surface area contributed by atoms with Crippen LogP contribution in [-0.2, 0) is 13.1 Å². The Morgan fingerprint density at radius 2 is 1.76 bits per heavy atom. The van der Waals surface area contributed by atoms with Crippen molar-refractivity contribution >= 4 is 0 Å². The summed E-state index contributed by atoms with van der Waals surface area (Å²) in [5, 5.41) is 4.55. The molecule has 3 aromatic rings. The van der Waals surface area contributed by atoms with Gasteiger partial charge in [-0.15, -0.1) is 0 Å². The lowest BCUT2D eigenvalue weighted by Crippen LogP contribution is -2.48. The minimum atomic E-state index is -0.0544. The van der Waals surface area contributed by atoms with E-state index in [1.165, 1.54) is 19.3 Å². The third-order valence-corrected chi connectivity index (χ3v) is 5.91. The summed E-state index contributed by atoms with van der Waals surface area (Å²) < 4.78 is 1.59. The highest BCUT2D eigenvalue weighted by Gasteiger charge is 2.28. The summed E-state index contributed by atoms with van der Waals surface area (Å²) >= 11 is 0. The van der Waals surface area contributed by atoms with E-state index in [-0.39, 0.29) is 5.56 Å². The first kappa shape index (κ1) is 18.1. The molecule has 4 heterocycles. The molecule has 7 nitrogen and oxygen atoms in total. The van der Waals surface area contributed by atoms with Crippen LogP contribution in [0.1, 0.15) is 36.6 Å². The molecule has 1 saturated heterocycles. The lowest BCUT2D eigenvalue weighted by atomic mass is 9.85. The summed E-state index contributed by atoms with van der Waals surface area (Å²) in [6.45, 7) is 3.42. The quantitative estimate of drug-likeness (QED) is 0.646. The van der Waals surface area contributed by atoms with Gasteiger partial charge in [-0.05, 0) is 31.0 Å². The Labute approximate surface area is 169 Å². The van der Waals surface area contributed by atoms with Crippen molar-refractivity contribution in [2.75, 3.05) is 13.1 Å². The van der Waals surface area contributed by atoms with E-state index < -0.39 is 0 Å². The lowest BCUT2D eigenvalue weighted by molar-refractivity contribution is 0.0765. The van der Waals surface area contributed by atoms with Crippen LogP contribution in [0, 0.1) is 5.92 Å². The van der Waals surface area contributed by atoms with Gasteiger partial charge in [-0.3, -0.25) is 14.7 Å². The van der Waals surface area contributed by atoms with Crippen LogP contribution in [-0.4, -0.2) is 42.7 Å². The standard InChI is InChI=1S/C22H24N6O/c29-21-5-4-20(18-6-8-23-9-7-18)26-28(21)15-17-13-27(14-17)12-16-10-24-22(25-11-16)19-2-1-3-19/h4-11,17,19H,1-3,12-15H2. The highest BCUT2D eigenvalue weighted by Crippen LogP contribution is 2.34. The molecule has 2 aliphatic rings. The molecule has 0 bridgehead atoms. The Hall–Kier alpha value is -2.93. The van der Waals surface area contributed by atoms with E-state index in [0.29, 0.717) is 18.4 Å². The molecule has 29 heavy (non-hydrogen) atoms. The molecule has 0 atom stereocenters. The van der Waals surface area contributed by atoms with Crippen molar-refractivity contribution < 1.29 is 0 Å². The van der Waals surface area contributed by atoms with E-state index in [1.54, 1.807) is 29.2 Å². The fourth-order valence-corrected chi connectivity index (χ4v) is 4.00. The summed E-state index contributed by atoms with van der Waals surface area (Å²) in [5.41, 5.74) is 2.86. The Balaban J connectivity index is 1.17. The summed E-state index contributed by atoms with van der Waals surface area (Å²) in [5.74, 6) is 2.01. The van der Waals surface area contributed by atoms with Crippen LogP contribution < -0.4 is 5.56 Å². The number of likely N-dealkylation sites (tertiary alicyclic amines) is 1. The van der Waals surface area contributed by atoms with Crippen LogP contribution in [0.2, 0.25) is 0 Å². The van der Waals surface area contributed by atoms with Crippen molar-refractivity contribution in [3.8, 4) is 11.3 Å². The number of hydrogen-bond acceptors (Lipinski definition) is 6. The Morgan fingerprint density at radius 3 is 2.45 bits per heavy atom. The number of hydrogen-bond donors (Lipinski definition) is 0. The van der Waals surface area contributed by atoms with Gasteiger partial charge in [0.2, 0.25) is 0 Å². The first-order valence-corrected chi connectivity index (χ1v) is 10.3. The maximum Gasteiger partial charge on any atom is 0.266 e. The molecular formula is C22H24N6O. The van der Waals surface area contributed by atoms with Crippen LogP contribution in [0.15, 0.2) is 53.8 Å². The van der Waals surface area contributed by atoms with Crippen molar-refractivity contribution in [2.45, 2.75) is 38.3 Å². The number of nitrogens with zero attached hydrogens (tertiary/aromatic N) is 6. The van der Waals surface area contributed by atoms with Gasteiger partial charge in [-0.1, -0.05) is 6.42 Å². The molecular weight excluding hydrogens is 364 g/mol. The van der Waals surface area contributed by atoms with Crippen LogP contribution in [0.5, 0.6) is 0 Å². The van der Waals surface area contributed by atoms with Crippen LogP contribution in [0.3, 0.4) is 0 Å². The summed E-state index contributed by atoms with van der Waals surface area (Å²) in [7, 11) is 0. The highest BCUT2D eigenvalue weighted by molar-refractivity contribution is 5.56. The molecule has 7 heteroatoms. The largest absolute Gasteiger partial charge is 0.298 e. The molecule has 1 aliphatic heterocycles. The molecule has 0 N–H and O–H groups in total. The molecule has 2 fully saturated rings. The van der Waals surface area contributed by atoms with Gasteiger partial charge in [-0.25, -0.2) is 14.6 Å². The second-order valence-corrected chi connectivity index (χ2v) is 8.11. The zero-order valence-corrected chi connectivity index (χ0v) is 16.3. The van der Waals surface area contributed by atoms with Gasteiger partial charge in [0.25, 0.3) is 5.56 Å². The SMILES string of the molecule is O=c1ccc(-c2ccncc2)nn1CC1CN(Cc2cnc(C3CCC3)nc2)C1. The topological polar surface area (TPSA) is 76.8 Å². The smallest absolute Gasteiger partial charge is 0.266 e. The molecule has 5 rings (SSSR count). The third-order valence-electron chi connectivity index (χ3n) is 5.91. The van der Waals surface area contributed by atoms with E-state index in [1.807, 2.05) is 24.5 Å². The van der Waals surface area contributed by atoms with Crippen LogP contribution >= 0.6 is 0 Å². The van der Waals surface area contributed by atoms with E-state index in [4.69, 9.17) is 0 Å². The molecule has 0 amide bonds. The van der Waals surface area contributed by atoms with Gasteiger partial charge in [0.1, 0.15) is 5.82 Å². The molecule has 1 aliphatic carbocycles. The van der Waals surface area contributed by atoms with Gasteiger partial charge < -0.3 is 0 Å². The van der Waals surface area contributed by atoms with Gasteiger partial charge >= 0.3 is 0 Å². The predicted molar refractivity (Wildman–Crippen MR) is 109 cm³/mol. The Morgan fingerprint density at radius 1 is 1.00 bits per heavy atom. The van der Waals surface area contributed by atoms with Gasteiger partial charge in [0, 0.05) is 73.5 Å².